The topological polar surface area (TPSA) is 126 Å². The van der Waals surface area contributed by atoms with Crippen molar-refractivity contribution in [3.05, 3.63) is 63.6 Å². The van der Waals surface area contributed by atoms with E-state index < -0.39 is 4.92 Å². The van der Waals surface area contributed by atoms with Crippen LogP contribution in [0.15, 0.2) is 41.6 Å². The molecule has 2 N–H and O–H groups in total. The molecule has 1 aromatic carbocycles. The van der Waals surface area contributed by atoms with Crippen LogP contribution in [0.3, 0.4) is 0 Å². The Labute approximate surface area is 148 Å². The van der Waals surface area contributed by atoms with Crippen molar-refractivity contribution in [1.29, 1.82) is 0 Å². The predicted octanol–water partition coefficient (Wildman–Crippen LogP) is 2.11. The van der Waals surface area contributed by atoms with Crippen molar-refractivity contribution in [3.63, 3.8) is 0 Å². The second-order valence-electron chi connectivity index (χ2n) is 5.54. The molecule has 0 amide bonds. The number of ether oxygens (including phenoxy) is 1. The number of rotatable bonds is 6. The molecular formula is C16H17N7O3. The summed E-state index contributed by atoms with van der Waals surface area (Å²) in [6.07, 6.45) is 3.31. The van der Waals surface area contributed by atoms with Crippen LogP contribution in [-0.2, 0) is 6.73 Å². The Balaban J connectivity index is 1.77. The van der Waals surface area contributed by atoms with E-state index in [2.05, 4.69) is 15.2 Å². The SMILES string of the molecule is Cc1cn(N=Cc2ccccc2OCn2nc([N+](=O)[O-])cc2C)c(N)n1. The molecule has 0 saturated carbocycles. The second-order valence-corrected chi connectivity index (χ2v) is 5.54. The Kier molecular flexibility index (Phi) is 4.65. The van der Waals surface area contributed by atoms with Crippen molar-refractivity contribution in [2.24, 2.45) is 5.10 Å². The summed E-state index contributed by atoms with van der Waals surface area (Å²) in [5, 5.41) is 19.0. The third-order valence-electron chi connectivity index (χ3n) is 3.57. The van der Waals surface area contributed by atoms with Crippen LogP contribution in [-0.4, -0.2) is 30.6 Å². The number of benzene rings is 1. The quantitative estimate of drug-likeness (QED) is 0.410. The standard InChI is InChI=1S/C16H17N7O3/c1-11-9-21(16(17)19-11)18-8-13-5-3-4-6-14(13)26-10-22-12(2)7-15(20-22)23(24)25/h3-9H,10H2,1-2H3,(H2,17,19). The lowest BCUT2D eigenvalue weighted by Gasteiger charge is -2.08. The van der Waals surface area contributed by atoms with Crippen LogP contribution < -0.4 is 10.5 Å². The highest BCUT2D eigenvalue weighted by Crippen LogP contribution is 2.18. The lowest BCUT2D eigenvalue weighted by Crippen LogP contribution is -2.09. The summed E-state index contributed by atoms with van der Waals surface area (Å²) in [7, 11) is 0. The average molecular weight is 355 g/mol. The minimum absolute atomic E-state index is 0.0385. The first-order chi connectivity index (χ1) is 12.4. The van der Waals surface area contributed by atoms with Gasteiger partial charge in [0.1, 0.15) is 5.75 Å². The number of imidazole rings is 1. The number of nitrogens with zero attached hydrogens (tertiary/aromatic N) is 6. The number of anilines is 1. The molecule has 0 radical (unpaired) electrons. The van der Waals surface area contributed by atoms with E-state index >= 15 is 0 Å². The summed E-state index contributed by atoms with van der Waals surface area (Å²) in [6, 6.07) is 8.66. The molecule has 134 valence electrons. The molecule has 3 rings (SSSR count). The van der Waals surface area contributed by atoms with Gasteiger partial charge in [0.2, 0.25) is 12.7 Å². The van der Waals surface area contributed by atoms with Crippen molar-refractivity contribution in [2.75, 3.05) is 5.73 Å². The van der Waals surface area contributed by atoms with Gasteiger partial charge in [-0.05, 0) is 30.9 Å². The fraction of sp³-hybridized carbons (Fsp3) is 0.188. The van der Waals surface area contributed by atoms with Gasteiger partial charge in [-0.25, -0.2) is 9.66 Å². The minimum atomic E-state index is -0.540. The number of hydrogen-bond acceptors (Lipinski definition) is 7. The predicted molar refractivity (Wildman–Crippen MR) is 95.1 cm³/mol. The van der Waals surface area contributed by atoms with Crippen LogP contribution in [0.1, 0.15) is 17.0 Å². The molecule has 0 saturated heterocycles. The first-order valence-electron chi connectivity index (χ1n) is 7.70. The van der Waals surface area contributed by atoms with Gasteiger partial charge >= 0.3 is 5.82 Å². The monoisotopic (exact) mass is 355 g/mol. The van der Waals surface area contributed by atoms with E-state index in [4.69, 9.17) is 10.5 Å². The van der Waals surface area contributed by atoms with Crippen molar-refractivity contribution < 1.29 is 9.66 Å². The summed E-state index contributed by atoms with van der Waals surface area (Å²) in [4.78, 5) is 14.3. The van der Waals surface area contributed by atoms with Gasteiger partial charge in [0.05, 0.1) is 35.0 Å². The van der Waals surface area contributed by atoms with Gasteiger partial charge in [-0.15, -0.1) is 4.68 Å². The fourth-order valence-corrected chi connectivity index (χ4v) is 2.28. The smallest absolute Gasteiger partial charge is 0.390 e. The maximum absolute atomic E-state index is 10.8. The second kappa shape index (κ2) is 7.05. The number of nitrogens with two attached hydrogens (primary N) is 1. The molecule has 10 heteroatoms. The fourth-order valence-electron chi connectivity index (χ4n) is 2.28. The molecule has 3 aromatic rings. The molecule has 0 aliphatic rings. The summed E-state index contributed by atoms with van der Waals surface area (Å²) < 4.78 is 8.64. The highest BCUT2D eigenvalue weighted by atomic mass is 16.6. The summed E-state index contributed by atoms with van der Waals surface area (Å²) >= 11 is 0. The van der Waals surface area contributed by atoms with E-state index in [0.717, 1.165) is 11.3 Å². The van der Waals surface area contributed by atoms with Crippen LogP contribution in [0.25, 0.3) is 0 Å². The van der Waals surface area contributed by atoms with E-state index in [-0.39, 0.29) is 18.5 Å². The number of aromatic nitrogens is 4. The first-order valence-corrected chi connectivity index (χ1v) is 7.70. The van der Waals surface area contributed by atoms with E-state index in [1.54, 1.807) is 25.4 Å². The number of para-hydroxylation sites is 1. The normalized spacial score (nSPS) is 11.2. The Morgan fingerprint density at radius 1 is 1.38 bits per heavy atom. The molecule has 2 aromatic heterocycles. The lowest BCUT2D eigenvalue weighted by atomic mass is 10.2. The maximum atomic E-state index is 10.8. The molecule has 0 fully saturated rings. The van der Waals surface area contributed by atoms with Gasteiger partial charge in [0.15, 0.2) is 0 Å². The zero-order valence-electron chi connectivity index (χ0n) is 14.2. The highest BCUT2D eigenvalue weighted by Gasteiger charge is 2.15. The molecule has 0 aliphatic heterocycles. The van der Waals surface area contributed by atoms with Gasteiger partial charge in [-0.3, -0.25) is 0 Å². The zero-order valence-corrected chi connectivity index (χ0v) is 14.2. The maximum Gasteiger partial charge on any atom is 0.390 e. The molecule has 0 aliphatic carbocycles. The van der Waals surface area contributed by atoms with Crippen molar-refractivity contribution in [2.45, 2.75) is 20.6 Å². The Hall–Kier alpha value is -3.69. The summed E-state index contributed by atoms with van der Waals surface area (Å²) in [5.41, 5.74) is 7.87. The van der Waals surface area contributed by atoms with Gasteiger partial charge in [-0.2, -0.15) is 5.10 Å². The molecule has 10 nitrogen and oxygen atoms in total. The van der Waals surface area contributed by atoms with Crippen LogP contribution in [0.2, 0.25) is 0 Å². The van der Waals surface area contributed by atoms with Crippen molar-refractivity contribution in [1.82, 2.24) is 19.4 Å². The minimum Gasteiger partial charge on any atom is -0.469 e. The molecular weight excluding hydrogens is 338 g/mol. The van der Waals surface area contributed by atoms with Crippen LogP contribution in [0.5, 0.6) is 5.75 Å². The van der Waals surface area contributed by atoms with E-state index in [0.29, 0.717) is 11.4 Å². The van der Waals surface area contributed by atoms with E-state index in [9.17, 15) is 10.1 Å². The van der Waals surface area contributed by atoms with Gasteiger partial charge < -0.3 is 20.6 Å². The van der Waals surface area contributed by atoms with Gasteiger partial charge in [0, 0.05) is 5.56 Å². The first kappa shape index (κ1) is 17.1. The Morgan fingerprint density at radius 3 is 2.81 bits per heavy atom. The van der Waals surface area contributed by atoms with Crippen molar-refractivity contribution >= 4 is 18.0 Å². The summed E-state index contributed by atoms with van der Waals surface area (Å²) in [5.74, 6) is 0.632. The molecule has 0 atom stereocenters. The van der Waals surface area contributed by atoms with Crippen LogP contribution >= 0.6 is 0 Å². The van der Waals surface area contributed by atoms with Crippen LogP contribution in [0, 0.1) is 24.0 Å². The number of aryl methyl sites for hydroxylation is 2. The molecule has 0 unspecified atom stereocenters. The lowest BCUT2D eigenvalue weighted by molar-refractivity contribution is -0.389. The number of nitrogen functional groups attached to an aromatic ring is 1. The average Bonchev–Trinajstić information content (AvgIpc) is 3.13. The zero-order chi connectivity index (χ0) is 18.7. The molecule has 0 spiro atoms. The Bertz CT molecular complexity index is 974. The van der Waals surface area contributed by atoms with Gasteiger partial charge in [0.25, 0.3) is 0 Å². The van der Waals surface area contributed by atoms with Crippen LogP contribution in [0.4, 0.5) is 11.8 Å². The Morgan fingerprint density at radius 2 is 2.15 bits per heavy atom. The largest absolute Gasteiger partial charge is 0.469 e. The number of nitro groups is 1. The summed E-state index contributed by atoms with van der Waals surface area (Å²) in [6.45, 7) is 3.59. The highest BCUT2D eigenvalue weighted by molar-refractivity contribution is 5.83. The van der Waals surface area contributed by atoms with E-state index in [1.807, 2.05) is 25.1 Å². The number of hydrogen-bond donors (Lipinski definition) is 1. The van der Waals surface area contributed by atoms with Crippen molar-refractivity contribution in [3.8, 4) is 5.75 Å². The van der Waals surface area contributed by atoms with Gasteiger partial charge in [-0.1, -0.05) is 12.1 Å². The molecule has 2 heterocycles. The molecule has 0 bridgehead atoms. The van der Waals surface area contributed by atoms with E-state index in [1.165, 1.54) is 15.4 Å². The third kappa shape index (κ3) is 3.69. The molecule has 26 heavy (non-hydrogen) atoms. The third-order valence-corrected chi connectivity index (χ3v) is 3.57.